The van der Waals surface area contributed by atoms with Crippen molar-refractivity contribution in [2.24, 2.45) is 0 Å². The summed E-state index contributed by atoms with van der Waals surface area (Å²) in [6.07, 6.45) is 3.13. The summed E-state index contributed by atoms with van der Waals surface area (Å²) in [5.74, 6) is 0.443. The number of aryl methyl sites for hydroxylation is 1. The van der Waals surface area contributed by atoms with E-state index in [1.807, 2.05) is 18.2 Å². The lowest BCUT2D eigenvalue weighted by atomic mass is 10.2. The van der Waals surface area contributed by atoms with E-state index in [9.17, 15) is 9.59 Å². The van der Waals surface area contributed by atoms with Crippen molar-refractivity contribution < 1.29 is 4.79 Å². The van der Waals surface area contributed by atoms with Crippen molar-refractivity contribution in [1.29, 1.82) is 0 Å². The average molecular weight is 308 g/mol. The van der Waals surface area contributed by atoms with Gasteiger partial charge in [-0.25, -0.2) is 4.98 Å². The fourth-order valence-electron chi connectivity index (χ4n) is 2.43. The zero-order valence-electron chi connectivity index (χ0n) is 12.7. The fraction of sp³-hybridized carbons (Fsp3) is 0.176. The summed E-state index contributed by atoms with van der Waals surface area (Å²) in [5.41, 5.74) is 1.14. The first kappa shape index (κ1) is 14.9. The molecule has 1 amide bonds. The molecule has 0 atom stereocenters. The molecule has 2 aromatic heterocycles. The fourth-order valence-corrected chi connectivity index (χ4v) is 2.43. The van der Waals surface area contributed by atoms with Gasteiger partial charge in [0, 0.05) is 31.0 Å². The molecule has 1 N–H and O–H groups in total. The Morgan fingerprint density at radius 1 is 1.17 bits per heavy atom. The van der Waals surface area contributed by atoms with Crippen LogP contribution in [-0.2, 0) is 6.54 Å². The number of amides is 1. The Morgan fingerprint density at radius 3 is 2.70 bits per heavy atom. The van der Waals surface area contributed by atoms with Crippen molar-refractivity contribution in [3.05, 3.63) is 70.5 Å². The normalized spacial score (nSPS) is 10.7. The van der Waals surface area contributed by atoms with Crippen molar-refractivity contribution in [1.82, 2.24) is 19.9 Å². The molecule has 0 fully saturated rings. The van der Waals surface area contributed by atoms with E-state index < -0.39 is 0 Å². The van der Waals surface area contributed by atoms with E-state index in [4.69, 9.17) is 0 Å². The SMILES string of the molecule is Cc1nc2ccccc2c(=O)n1CCNC(=O)c1ccncc1. The molecule has 116 valence electrons. The number of carbonyl (C=O) groups is 1. The molecular weight excluding hydrogens is 292 g/mol. The molecule has 0 spiro atoms. The molecule has 0 aliphatic heterocycles. The highest BCUT2D eigenvalue weighted by Gasteiger charge is 2.08. The lowest BCUT2D eigenvalue weighted by Gasteiger charge is -2.11. The maximum Gasteiger partial charge on any atom is 0.261 e. The van der Waals surface area contributed by atoms with E-state index in [-0.39, 0.29) is 11.5 Å². The van der Waals surface area contributed by atoms with Crippen LogP contribution in [-0.4, -0.2) is 27.0 Å². The molecular formula is C17H16N4O2. The smallest absolute Gasteiger partial charge is 0.261 e. The van der Waals surface area contributed by atoms with Crippen LogP contribution in [0.25, 0.3) is 10.9 Å². The van der Waals surface area contributed by atoms with Gasteiger partial charge in [0.1, 0.15) is 5.82 Å². The van der Waals surface area contributed by atoms with Gasteiger partial charge in [0.15, 0.2) is 0 Å². The Morgan fingerprint density at radius 2 is 1.91 bits per heavy atom. The third kappa shape index (κ3) is 3.11. The van der Waals surface area contributed by atoms with Crippen molar-refractivity contribution in [3.63, 3.8) is 0 Å². The monoisotopic (exact) mass is 308 g/mol. The lowest BCUT2D eigenvalue weighted by Crippen LogP contribution is -2.32. The van der Waals surface area contributed by atoms with Crippen LogP contribution in [0.15, 0.2) is 53.6 Å². The Balaban J connectivity index is 1.75. The Hall–Kier alpha value is -3.02. The van der Waals surface area contributed by atoms with Crippen molar-refractivity contribution in [2.45, 2.75) is 13.5 Å². The number of hydrogen-bond acceptors (Lipinski definition) is 4. The highest BCUT2D eigenvalue weighted by molar-refractivity contribution is 5.93. The Bertz CT molecular complexity index is 903. The third-order valence-electron chi connectivity index (χ3n) is 3.62. The van der Waals surface area contributed by atoms with Crippen LogP contribution >= 0.6 is 0 Å². The van der Waals surface area contributed by atoms with Gasteiger partial charge >= 0.3 is 0 Å². The van der Waals surface area contributed by atoms with E-state index in [0.717, 1.165) is 0 Å². The number of nitrogens with one attached hydrogen (secondary N) is 1. The first-order valence-electron chi connectivity index (χ1n) is 7.31. The molecule has 0 unspecified atom stereocenters. The number of pyridine rings is 1. The molecule has 1 aromatic carbocycles. The van der Waals surface area contributed by atoms with Crippen LogP contribution < -0.4 is 10.9 Å². The van der Waals surface area contributed by atoms with E-state index >= 15 is 0 Å². The van der Waals surface area contributed by atoms with E-state index in [0.29, 0.717) is 35.4 Å². The van der Waals surface area contributed by atoms with Gasteiger partial charge in [0.2, 0.25) is 0 Å². The van der Waals surface area contributed by atoms with Gasteiger partial charge in [-0.05, 0) is 31.2 Å². The van der Waals surface area contributed by atoms with Gasteiger partial charge in [0.25, 0.3) is 11.5 Å². The standard InChI is InChI=1S/C17H16N4O2/c1-12-20-15-5-3-2-4-14(15)17(23)21(12)11-10-19-16(22)13-6-8-18-9-7-13/h2-9H,10-11H2,1H3,(H,19,22). The van der Waals surface area contributed by atoms with E-state index in [2.05, 4.69) is 15.3 Å². The number of hydrogen-bond donors (Lipinski definition) is 1. The quantitative estimate of drug-likeness (QED) is 0.793. The summed E-state index contributed by atoms with van der Waals surface area (Å²) < 4.78 is 1.58. The highest BCUT2D eigenvalue weighted by Crippen LogP contribution is 2.07. The van der Waals surface area contributed by atoms with Gasteiger partial charge in [-0.1, -0.05) is 12.1 Å². The van der Waals surface area contributed by atoms with Crippen LogP contribution in [0.2, 0.25) is 0 Å². The van der Waals surface area contributed by atoms with Gasteiger partial charge < -0.3 is 5.32 Å². The molecule has 23 heavy (non-hydrogen) atoms. The number of carbonyl (C=O) groups excluding carboxylic acids is 1. The number of rotatable bonds is 4. The molecule has 0 radical (unpaired) electrons. The number of para-hydroxylation sites is 1. The zero-order chi connectivity index (χ0) is 16.2. The topological polar surface area (TPSA) is 76.9 Å². The van der Waals surface area contributed by atoms with Crippen molar-refractivity contribution in [3.8, 4) is 0 Å². The number of fused-ring (bicyclic) bond motifs is 1. The first-order valence-corrected chi connectivity index (χ1v) is 7.31. The summed E-state index contributed by atoms with van der Waals surface area (Å²) in [4.78, 5) is 32.8. The molecule has 0 aliphatic carbocycles. The van der Waals surface area contributed by atoms with Crippen LogP contribution in [0.1, 0.15) is 16.2 Å². The second kappa shape index (κ2) is 6.39. The molecule has 3 aromatic rings. The van der Waals surface area contributed by atoms with Crippen LogP contribution in [0.3, 0.4) is 0 Å². The molecule has 0 aliphatic rings. The van der Waals surface area contributed by atoms with E-state index in [1.165, 1.54) is 0 Å². The predicted molar refractivity (Wildman–Crippen MR) is 87.3 cm³/mol. The molecule has 6 nitrogen and oxygen atoms in total. The van der Waals surface area contributed by atoms with Crippen LogP contribution in [0, 0.1) is 6.92 Å². The maximum absolute atomic E-state index is 12.5. The first-order chi connectivity index (χ1) is 11.2. The molecule has 3 rings (SSSR count). The third-order valence-corrected chi connectivity index (χ3v) is 3.62. The minimum Gasteiger partial charge on any atom is -0.350 e. The summed E-state index contributed by atoms with van der Waals surface area (Å²) in [6, 6.07) is 10.5. The van der Waals surface area contributed by atoms with Crippen molar-refractivity contribution in [2.75, 3.05) is 6.54 Å². The van der Waals surface area contributed by atoms with Crippen molar-refractivity contribution >= 4 is 16.8 Å². The number of aromatic nitrogens is 3. The lowest BCUT2D eigenvalue weighted by molar-refractivity contribution is 0.0952. The minimum atomic E-state index is -0.188. The summed E-state index contributed by atoms with van der Waals surface area (Å²) in [7, 11) is 0. The zero-order valence-corrected chi connectivity index (χ0v) is 12.7. The maximum atomic E-state index is 12.5. The Labute approximate surface area is 132 Å². The molecule has 6 heteroatoms. The highest BCUT2D eigenvalue weighted by atomic mass is 16.1. The number of benzene rings is 1. The summed E-state index contributed by atoms with van der Waals surface area (Å²) >= 11 is 0. The molecule has 0 bridgehead atoms. The van der Waals surface area contributed by atoms with Crippen LogP contribution in [0.4, 0.5) is 0 Å². The van der Waals surface area contributed by atoms with Crippen LogP contribution in [0.5, 0.6) is 0 Å². The largest absolute Gasteiger partial charge is 0.350 e. The predicted octanol–water partition coefficient (Wildman–Crippen LogP) is 1.53. The summed E-state index contributed by atoms with van der Waals surface area (Å²) in [6.45, 7) is 2.51. The second-order valence-corrected chi connectivity index (χ2v) is 5.12. The van der Waals surface area contributed by atoms with Gasteiger partial charge in [-0.3, -0.25) is 19.1 Å². The van der Waals surface area contributed by atoms with Gasteiger partial charge in [-0.2, -0.15) is 0 Å². The van der Waals surface area contributed by atoms with Gasteiger partial charge in [-0.15, -0.1) is 0 Å². The molecule has 0 saturated heterocycles. The molecule has 2 heterocycles. The average Bonchev–Trinajstić information content (AvgIpc) is 2.58. The van der Waals surface area contributed by atoms with E-state index in [1.54, 1.807) is 42.1 Å². The summed E-state index contributed by atoms with van der Waals surface area (Å²) in [5, 5.41) is 3.38. The Kier molecular flexibility index (Phi) is 4.14. The molecule has 0 saturated carbocycles. The minimum absolute atomic E-state index is 0.0914. The van der Waals surface area contributed by atoms with Gasteiger partial charge in [0.05, 0.1) is 10.9 Å². The second-order valence-electron chi connectivity index (χ2n) is 5.12. The number of nitrogens with zero attached hydrogens (tertiary/aromatic N) is 3.